The van der Waals surface area contributed by atoms with Crippen LogP contribution in [0.25, 0.3) is 0 Å². The van der Waals surface area contributed by atoms with E-state index in [0.29, 0.717) is 18.6 Å². The zero-order valence-corrected chi connectivity index (χ0v) is 12.1. The van der Waals surface area contributed by atoms with Gasteiger partial charge in [0.05, 0.1) is 6.10 Å². The molecular formula is C16H26N2O. The van der Waals surface area contributed by atoms with Crippen LogP contribution in [0.3, 0.4) is 0 Å². The Hall–Kier alpha value is -0.900. The minimum Gasteiger partial charge on any atom is -0.381 e. The highest BCUT2D eigenvalue weighted by molar-refractivity contribution is 5.25. The highest BCUT2D eigenvalue weighted by atomic mass is 16.5. The first kappa shape index (κ1) is 14.5. The van der Waals surface area contributed by atoms with E-state index in [1.54, 1.807) is 0 Å². The van der Waals surface area contributed by atoms with Crippen molar-refractivity contribution in [1.82, 2.24) is 4.90 Å². The summed E-state index contributed by atoms with van der Waals surface area (Å²) in [5, 5.41) is 0. The van der Waals surface area contributed by atoms with Crippen LogP contribution in [0, 0.1) is 0 Å². The largest absolute Gasteiger partial charge is 0.381 e. The van der Waals surface area contributed by atoms with E-state index in [2.05, 4.69) is 36.1 Å². The zero-order chi connectivity index (χ0) is 13.7. The molecule has 0 bridgehead atoms. The van der Waals surface area contributed by atoms with E-state index >= 15 is 0 Å². The molecule has 0 spiro atoms. The topological polar surface area (TPSA) is 38.5 Å². The van der Waals surface area contributed by atoms with Gasteiger partial charge in [-0.25, -0.2) is 0 Å². The van der Waals surface area contributed by atoms with Gasteiger partial charge in [-0.2, -0.15) is 0 Å². The average Bonchev–Trinajstić information content (AvgIpc) is 2.48. The Morgan fingerprint density at radius 2 is 1.89 bits per heavy atom. The Morgan fingerprint density at radius 1 is 1.26 bits per heavy atom. The van der Waals surface area contributed by atoms with E-state index in [4.69, 9.17) is 10.5 Å². The van der Waals surface area contributed by atoms with Gasteiger partial charge in [0.15, 0.2) is 0 Å². The van der Waals surface area contributed by atoms with Crippen molar-refractivity contribution in [3.05, 3.63) is 35.4 Å². The first-order valence-electron chi connectivity index (χ1n) is 7.27. The summed E-state index contributed by atoms with van der Waals surface area (Å²) in [6.07, 6.45) is 2.77. The summed E-state index contributed by atoms with van der Waals surface area (Å²) >= 11 is 0. The molecule has 0 amide bonds. The number of nitrogens with two attached hydrogens (primary N) is 1. The lowest BCUT2D eigenvalue weighted by Crippen LogP contribution is -2.36. The van der Waals surface area contributed by atoms with E-state index in [9.17, 15) is 0 Å². The van der Waals surface area contributed by atoms with E-state index in [0.717, 1.165) is 32.5 Å². The summed E-state index contributed by atoms with van der Waals surface area (Å²) < 4.78 is 5.41. The molecule has 0 aliphatic carbocycles. The number of benzene rings is 1. The third-order valence-electron chi connectivity index (χ3n) is 4.18. The van der Waals surface area contributed by atoms with Crippen molar-refractivity contribution in [2.45, 2.75) is 38.3 Å². The van der Waals surface area contributed by atoms with Gasteiger partial charge in [-0.3, -0.25) is 4.90 Å². The second-order valence-corrected chi connectivity index (χ2v) is 5.59. The van der Waals surface area contributed by atoms with Crippen LogP contribution >= 0.6 is 0 Å². The number of piperidine rings is 1. The summed E-state index contributed by atoms with van der Waals surface area (Å²) in [5.41, 5.74) is 8.43. The van der Waals surface area contributed by atoms with Gasteiger partial charge in [0.1, 0.15) is 0 Å². The lowest BCUT2D eigenvalue weighted by Gasteiger charge is -2.31. The second-order valence-electron chi connectivity index (χ2n) is 5.59. The van der Waals surface area contributed by atoms with Crippen molar-refractivity contribution in [3.63, 3.8) is 0 Å². The Balaban J connectivity index is 1.86. The van der Waals surface area contributed by atoms with Crippen molar-refractivity contribution < 1.29 is 4.74 Å². The molecule has 1 unspecified atom stereocenters. The maximum atomic E-state index is 5.70. The van der Waals surface area contributed by atoms with Crippen LogP contribution in [-0.2, 0) is 11.3 Å². The zero-order valence-electron chi connectivity index (χ0n) is 12.1. The maximum absolute atomic E-state index is 5.70. The van der Waals surface area contributed by atoms with Crippen molar-refractivity contribution in [2.75, 3.05) is 26.7 Å². The smallest absolute Gasteiger partial charge is 0.0595 e. The monoisotopic (exact) mass is 262 g/mol. The quantitative estimate of drug-likeness (QED) is 0.885. The molecule has 1 aromatic rings. The van der Waals surface area contributed by atoms with Gasteiger partial charge >= 0.3 is 0 Å². The van der Waals surface area contributed by atoms with Crippen molar-refractivity contribution in [1.29, 1.82) is 0 Å². The summed E-state index contributed by atoms with van der Waals surface area (Å²) in [6, 6.07) is 8.91. The van der Waals surface area contributed by atoms with Crippen LogP contribution in [0.5, 0.6) is 0 Å². The Labute approximate surface area is 116 Å². The number of likely N-dealkylation sites (tertiary alicyclic amines) is 1. The first-order chi connectivity index (χ1) is 9.22. The molecular weight excluding hydrogens is 236 g/mol. The number of nitrogens with zero attached hydrogens (tertiary/aromatic N) is 1. The van der Waals surface area contributed by atoms with E-state index in [1.807, 2.05) is 7.11 Å². The number of hydrogen-bond donors (Lipinski definition) is 1. The molecule has 1 aromatic carbocycles. The molecule has 2 N–H and O–H groups in total. The van der Waals surface area contributed by atoms with Crippen molar-refractivity contribution in [3.8, 4) is 0 Å². The van der Waals surface area contributed by atoms with E-state index in [-0.39, 0.29) is 0 Å². The molecule has 1 saturated heterocycles. The third-order valence-corrected chi connectivity index (χ3v) is 4.18. The molecule has 1 atom stereocenters. The van der Waals surface area contributed by atoms with Gasteiger partial charge in [0, 0.05) is 26.7 Å². The molecule has 1 aliphatic heterocycles. The lowest BCUT2D eigenvalue weighted by atomic mass is 9.99. The summed E-state index contributed by atoms with van der Waals surface area (Å²) in [7, 11) is 1.82. The summed E-state index contributed by atoms with van der Waals surface area (Å²) in [6.45, 7) is 6.21. The first-order valence-corrected chi connectivity index (χ1v) is 7.27. The Morgan fingerprint density at radius 3 is 2.42 bits per heavy atom. The molecule has 0 radical (unpaired) electrons. The fraction of sp³-hybridized carbons (Fsp3) is 0.625. The lowest BCUT2D eigenvalue weighted by molar-refractivity contribution is 0.0388. The molecule has 3 nitrogen and oxygen atoms in total. The van der Waals surface area contributed by atoms with Gasteiger partial charge < -0.3 is 10.5 Å². The number of ether oxygens (including phenoxy) is 1. The van der Waals surface area contributed by atoms with E-state index < -0.39 is 0 Å². The van der Waals surface area contributed by atoms with Crippen LogP contribution < -0.4 is 5.73 Å². The van der Waals surface area contributed by atoms with Crippen LogP contribution in [-0.4, -0.2) is 37.7 Å². The van der Waals surface area contributed by atoms with Crippen LogP contribution in [0.15, 0.2) is 24.3 Å². The fourth-order valence-electron chi connectivity index (χ4n) is 2.65. The molecule has 3 heteroatoms. The Bertz CT molecular complexity index is 369. The molecule has 19 heavy (non-hydrogen) atoms. The van der Waals surface area contributed by atoms with Gasteiger partial charge in [0.2, 0.25) is 0 Å². The predicted molar refractivity (Wildman–Crippen MR) is 79.2 cm³/mol. The minimum absolute atomic E-state index is 0.450. The maximum Gasteiger partial charge on any atom is 0.0595 e. The molecule has 106 valence electrons. The van der Waals surface area contributed by atoms with Gasteiger partial charge in [0.25, 0.3) is 0 Å². The van der Waals surface area contributed by atoms with E-state index in [1.165, 1.54) is 11.1 Å². The molecule has 0 saturated carbocycles. The van der Waals surface area contributed by atoms with Gasteiger partial charge in [-0.1, -0.05) is 31.2 Å². The minimum atomic E-state index is 0.450. The average molecular weight is 262 g/mol. The van der Waals surface area contributed by atoms with Crippen molar-refractivity contribution in [2.24, 2.45) is 5.73 Å². The van der Waals surface area contributed by atoms with Crippen LogP contribution in [0.1, 0.15) is 36.8 Å². The summed E-state index contributed by atoms with van der Waals surface area (Å²) in [4.78, 5) is 2.51. The molecule has 0 aromatic heterocycles. The number of hydrogen-bond acceptors (Lipinski definition) is 3. The fourth-order valence-corrected chi connectivity index (χ4v) is 2.65. The van der Waals surface area contributed by atoms with Gasteiger partial charge in [-0.05, 0) is 36.4 Å². The van der Waals surface area contributed by atoms with Crippen molar-refractivity contribution >= 4 is 0 Å². The van der Waals surface area contributed by atoms with Crippen LogP contribution in [0.2, 0.25) is 0 Å². The van der Waals surface area contributed by atoms with Crippen LogP contribution in [0.4, 0.5) is 0 Å². The molecule has 1 aliphatic rings. The number of rotatable bonds is 5. The predicted octanol–water partition coefficient (Wildman–Crippen LogP) is 2.36. The standard InChI is InChI=1S/C16H26N2O/c1-13(11-17)15-5-3-14(4-6-15)12-18-9-7-16(19-2)8-10-18/h3-6,13,16H,7-12,17H2,1-2H3. The normalized spacial score (nSPS) is 19.5. The SMILES string of the molecule is COC1CCN(Cc2ccc(C(C)CN)cc2)CC1. The highest BCUT2D eigenvalue weighted by Gasteiger charge is 2.18. The number of methoxy groups -OCH3 is 1. The molecule has 2 rings (SSSR count). The second kappa shape index (κ2) is 7.04. The summed E-state index contributed by atoms with van der Waals surface area (Å²) in [5.74, 6) is 0.450. The molecule has 1 heterocycles. The molecule has 1 fully saturated rings. The van der Waals surface area contributed by atoms with Gasteiger partial charge in [-0.15, -0.1) is 0 Å². The third kappa shape index (κ3) is 4.03. The Kier molecular flexibility index (Phi) is 5.37. The highest BCUT2D eigenvalue weighted by Crippen LogP contribution is 2.18.